The average Bonchev–Trinajstić information content (AvgIpc) is 3.65. The number of hydrogen-bond acceptors (Lipinski definition) is 4. The molecule has 0 atom stereocenters. The van der Waals surface area contributed by atoms with Gasteiger partial charge in [0.25, 0.3) is 0 Å². The van der Waals surface area contributed by atoms with Gasteiger partial charge in [-0.05, 0) is 87.9 Å². The van der Waals surface area contributed by atoms with E-state index in [0.29, 0.717) is 0 Å². The molecule has 2 heterocycles. The number of para-hydroxylation sites is 2. The Bertz CT molecular complexity index is 3230. The molecule has 0 fully saturated rings. The van der Waals surface area contributed by atoms with E-state index in [9.17, 15) is 0 Å². The van der Waals surface area contributed by atoms with Crippen LogP contribution in [-0.2, 0) is 0 Å². The van der Waals surface area contributed by atoms with Gasteiger partial charge in [-0.15, -0.1) is 0 Å². The number of fused-ring (bicyclic) bond motifs is 8. The van der Waals surface area contributed by atoms with E-state index in [2.05, 4.69) is 181 Å². The Morgan fingerprint density at radius 2 is 0.946 bits per heavy atom. The minimum absolute atomic E-state index is 0.881. The lowest BCUT2D eigenvalue weighted by Crippen LogP contribution is -2.09. The molecule has 0 unspecified atom stereocenters. The molecule has 0 spiro atoms. The number of rotatable bonds is 6. The van der Waals surface area contributed by atoms with Gasteiger partial charge in [0.2, 0.25) is 0 Å². The van der Waals surface area contributed by atoms with Crippen LogP contribution in [0.25, 0.3) is 88.2 Å². The average molecular weight is 716 g/mol. The molecule has 0 aliphatic heterocycles. The van der Waals surface area contributed by atoms with Crippen molar-refractivity contribution in [2.24, 2.45) is 0 Å². The Kier molecular flexibility index (Phi) is 7.46. The third-order valence-electron chi connectivity index (χ3n) is 10.8. The van der Waals surface area contributed by atoms with Crippen molar-refractivity contribution in [1.82, 2.24) is 9.97 Å². The van der Waals surface area contributed by atoms with E-state index in [1.807, 2.05) is 24.3 Å². The van der Waals surface area contributed by atoms with Crippen molar-refractivity contribution in [3.63, 3.8) is 0 Å². The molecule has 0 aliphatic rings. The molecule has 4 heteroatoms. The summed E-state index contributed by atoms with van der Waals surface area (Å²) in [5.74, 6) is 0. The fourth-order valence-corrected chi connectivity index (χ4v) is 8.12. The molecule has 4 nitrogen and oxygen atoms in total. The Morgan fingerprint density at radius 3 is 1.71 bits per heavy atom. The van der Waals surface area contributed by atoms with Gasteiger partial charge in [-0.3, -0.25) is 0 Å². The maximum atomic E-state index is 6.16. The van der Waals surface area contributed by atoms with Crippen molar-refractivity contribution < 1.29 is 4.42 Å². The van der Waals surface area contributed by atoms with Crippen LogP contribution in [-0.4, -0.2) is 9.97 Å². The van der Waals surface area contributed by atoms with Gasteiger partial charge < -0.3 is 9.32 Å². The van der Waals surface area contributed by atoms with Crippen LogP contribution in [0, 0.1) is 0 Å². The SMILES string of the molecule is c1ccc(-c2nc3ccc4ccc5cc(-c6ccc(N(c7ccccc7)c7ccc8oc9ccccc9c8c7)cc6)ccc5c4c3nc2-c2ccccc2)cc1. The molecular weight excluding hydrogens is 683 g/mol. The molecule has 0 N–H and O–H groups in total. The normalized spacial score (nSPS) is 11.6. The topological polar surface area (TPSA) is 42.2 Å². The summed E-state index contributed by atoms with van der Waals surface area (Å²) in [6.07, 6.45) is 0. The van der Waals surface area contributed by atoms with Crippen molar-refractivity contribution in [2.45, 2.75) is 0 Å². The zero-order valence-corrected chi connectivity index (χ0v) is 30.3. The lowest BCUT2D eigenvalue weighted by atomic mass is 9.96. The molecule has 9 aromatic carbocycles. The lowest BCUT2D eigenvalue weighted by Gasteiger charge is -2.25. The standard InChI is InChI=1S/C52H33N3O/c1-4-12-36(13-5-1)50-51(37-14-6-2-7-15-37)54-52-46(53-50)30-25-35-20-21-39-32-38(24-29-43(39)49(35)52)34-22-26-41(27-23-34)55(40-16-8-3-9-17-40)42-28-31-48-45(33-42)44-18-10-11-19-47(44)56-48/h1-33H. The quantitative estimate of drug-likeness (QED) is 0.161. The summed E-state index contributed by atoms with van der Waals surface area (Å²) in [6, 6.07) is 70.2. The molecule has 0 aliphatic carbocycles. The number of hydrogen-bond donors (Lipinski definition) is 0. The molecule has 11 aromatic rings. The van der Waals surface area contributed by atoms with Crippen LogP contribution in [0.1, 0.15) is 0 Å². The van der Waals surface area contributed by atoms with Gasteiger partial charge in [0.1, 0.15) is 11.2 Å². The zero-order chi connectivity index (χ0) is 37.0. The molecule has 0 radical (unpaired) electrons. The number of benzene rings is 9. The summed E-state index contributed by atoms with van der Waals surface area (Å²) in [7, 11) is 0. The summed E-state index contributed by atoms with van der Waals surface area (Å²) in [6.45, 7) is 0. The van der Waals surface area contributed by atoms with E-state index < -0.39 is 0 Å². The van der Waals surface area contributed by atoms with Gasteiger partial charge in [-0.25, -0.2) is 9.97 Å². The first-order chi connectivity index (χ1) is 27.7. The fraction of sp³-hybridized carbons (Fsp3) is 0. The minimum atomic E-state index is 0.881. The van der Waals surface area contributed by atoms with Gasteiger partial charge in [0, 0.05) is 44.3 Å². The van der Waals surface area contributed by atoms with E-state index in [1.54, 1.807) is 0 Å². The molecular formula is C52H33N3O. The summed E-state index contributed by atoms with van der Waals surface area (Å²) >= 11 is 0. The number of furan rings is 1. The molecule has 0 saturated carbocycles. The highest BCUT2D eigenvalue weighted by Crippen LogP contribution is 2.41. The van der Waals surface area contributed by atoms with E-state index in [1.165, 1.54) is 0 Å². The predicted octanol–water partition coefficient (Wildman–Crippen LogP) is 14.3. The van der Waals surface area contributed by atoms with Crippen molar-refractivity contribution in [1.29, 1.82) is 0 Å². The summed E-state index contributed by atoms with van der Waals surface area (Å²) in [4.78, 5) is 13.0. The van der Waals surface area contributed by atoms with Gasteiger partial charge in [-0.1, -0.05) is 140 Å². The number of aromatic nitrogens is 2. The molecule has 262 valence electrons. The maximum absolute atomic E-state index is 6.16. The first kappa shape index (κ1) is 31.9. The highest BCUT2D eigenvalue weighted by molar-refractivity contribution is 6.19. The Balaban J connectivity index is 1.01. The predicted molar refractivity (Wildman–Crippen MR) is 233 cm³/mol. The van der Waals surface area contributed by atoms with Crippen LogP contribution < -0.4 is 4.90 Å². The number of anilines is 3. The first-order valence-corrected chi connectivity index (χ1v) is 18.9. The molecule has 0 saturated heterocycles. The first-order valence-electron chi connectivity index (χ1n) is 18.9. The second-order valence-electron chi connectivity index (χ2n) is 14.2. The molecule has 11 rings (SSSR count). The second-order valence-corrected chi connectivity index (χ2v) is 14.2. The second kappa shape index (κ2) is 13.1. The van der Waals surface area contributed by atoms with Gasteiger partial charge in [-0.2, -0.15) is 0 Å². The Labute approximate surface area is 323 Å². The van der Waals surface area contributed by atoms with E-state index >= 15 is 0 Å². The molecule has 0 bridgehead atoms. The van der Waals surface area contributed by atoms with E-state index in [4.69, 9.17) is 14.4 Å². The zero-order valence-electron chi connectivity index (χ0n) is 30.3. The van der Waals surface area contributed by atoms with Gasteiger partial charge in [0.15, 0.2) is 0 Å². The van der Waals surface area contributed by atoms with E-state index in [0.717, 1.165) is 105 Å². The largest absolute Gasteiger partial charge is 0.456 e. The summed E-state index contributed by atoms with van der Waals surface area (Å²) in [5.41, 5.74) is 13.0. The molecule has 56 heavy (non-hydrogen) atoms. The minimum Gasteiger partial charge on any atom is -0.456 e. The van der Waals surface area contributed by atoms with Crippen LogP contribution in [0.4, 0.5) is 17.1 Å². The van der Waals surface area contributed by atoms with Crippen LogP contribution in [0.2, 0.25) is 0 Å². The third-order valence-corrected chi connectivity index (χ3v) is 10.8. The fourth-order valence-electron chi connectivity index (χ4n) is 8.12. The maximum Gasteiger partial charge on any atom is 0.135 e. The number of nitrogens with zero attached hydrogens (tertiary/aromatic N) is 3. The van der Waals surface area contributed by atoms with Crippen molar-refractivity contribution in [3.05, 3.63) is 200 Å². The summed E-state index contributed by atoms with van der Waals surface area (Å²) < 4.78 is 6.16. The summed E-state index contributed by atoms with van der Waals surface area (Å²) in [5, 5.41) is 6.80. The van der Waals surface area contributed by atoms with Crippen LogP contribution in [0.5, 0.6) is 0 Å². The lowest BCUT2D eigenvalue weighted by molar-refractivity contribution is 0.669. The van der Waals surface area contributed by atoms with Crippen molar-refractivity contribution in [3.8, 4) is 33.6 Å². The highest BCUT2D eigenvalue weighted by atomic mass is 16.3. The Morgan fingerprint density at radius 1 is 0.357 bits per heavy atom. The van der Waals surface area contributed by atoms with Crippen molar-refractivity contribution >= 4 is 71.6 Å². The third kappa shape index (κ3) is 5.39. The highest BCUT2D eigenvalue weighted by Gasteiger charge is 2.18. The van der Waals surface area contributed by atoms with Gasteiger partial charge >= 0.3 is 0 Å². The smallest absolute Gasteiger partial charge is 0.135 e. The Hall–Kier alpha value is -7.56. The van der Waals surface area contributed by atoms with Crippen molar-refractivity contribution in [2.75, 3.05) is 4.90 Å². The van der Waals surface area contributed by atoms with E-state index in [-0.39, 0.29) is 0 Å². The molecule has 2 aromatic heterocycles. The van der Waals surface area contributed by atoms with Crippen LogP contribution in [0.3, 0.4) is 0 Å². The molecule has 0 amide bonds. The van der Waals surface area contributed by atoms with Gasteiger partial charge in [0.05, 0.1) is 22.4 Å². The monoisotopic (exact) mass is 715 g/mol. The van der Waals surface area contributed by atoms with Crippen LogP contribution >= 0.6 is 0 Å². The van der Waals surface area contributed by atoms with Crippen LogP contribution in [0.15, 0.2) is 205 Å².